The molecule has 0 atom stereocenters. The highest BCUT2D eigenvalue weighted by atomic mass is 35.5. The van der Waals surface area contributed by atoms with Crippen molar-refractivity contribution in [2.24, 2.45) is 5.92 Å². The average Bonchev–Trinajstić information content (AvgIpc) is 2.49. The number of halogens is 1. The lowest BCUT2D eigenvalue weighted by atomic mass is 10.0. The van der Waals surface area contributed by atoms with Crippen LogP contribution < -0.4 is 10.6 Å². The Morgan fingerprint density at radius 1 is 1.27 bits per heavy atom. The first kappa shape index (κ1) is 21.2. The maximum Gasteiger partial charge on any atom is 0.242 e. The van der Waals surface area contributed by atoms with Crippen LogP contribution in [0, 0.1) is 5.92 Å². The molecule has 1 saturated heterocycles. The van der Waals surface area contributed by atoms with Crippen molar-refractivity contribution in [3.05, 3.63) is 0 Å². The summed E-state index contributed by atoms with van der Waals surface area (Å²) < 4.78 is 0. The fourth-order valence-electron chi connectivity index (χ4n) is 2.65. The molecule has 1 fully saturated rings. The lowest BCUT2D eigenvalue weighted by Gasteiger charge is -2.34. The third-order valence-corrected chi connectivity index (χ3v) is 3.92. The second-order valence-corrected chi connectivity index (χ2v) is 6.28. The summed E-state index contributed by atoms with van der Waals surface area (Å²) in [7, 11) is 0. The fraction of sp³-hybridized carbons (Fsp3) is 0.875. The van der Waals surface area contributed by atoms with Gasteiger partial charge in [-0.1, -0.05) is 20.8 Å². The molecule has 5 nitrogen and oxygen atoms in total. The molecule has 0 aliphatic carbocycles. The van der Waals surface area contributed by atoms with E-state index in [-0.39, 0.29) is 30.8 Å². The number of nitrogens with zero attached hydrogens (tertiary/aromatic N) is 1. The molecule has 0 aromatic heterocycles. The molecule has 1 rings (SSSR count). The van der Waals surface area contributed by atoms with Gasteiger partial charge >= 0.3 is 0 Å². The van der Waals surface area contributed by atoms with E-state index >= 15 is 0 Å². The number of carbonyl (C=O) groups excluding carboxylic acids is 2. The Hall–Kier alpha value is -0.810. The number of hydrogen-bond donors (Lipinski definition) is 2. The first-order chi connectivity index (χ1) is 10.0. The van der Waals surface area contributed by atoms with Crippen LogP contribution in [0.3, 0.4) is 0 Å². The molecule has 1 aliphatic rings. The molecular weight excluding hydrogens is 302 g/mol. The molecule has 22 heavy (non-hydrogen) atoms. The lowest BCUT2D eigenvalue weighted by Crippen LogP contribution is -2.49. The van der Waals surface area contributed by atoms with Crippen LogP contribution in [0.15, 0.2) is 0 Å². The Morgan fingerprint density at radius 2 is 1.91 bits per heavy atom. The normalized spacial score (nSPS) is 15.3. The van der Waals surface area contributed by atoms with Gasteiger partial charge in [0, 0.05) is 19.0 Å². The molecule has 2 amide bonds. The zero-order chi connectivity index (χ0) is 15.7. The Labute approximate surface area is 141 Å². The van der Waals surface area contributed by atoms with Gasteiger partial charge in [0.1, 0.15) is 0 Å². The smallest absolute Gasteiger partial charge is 0.242 e. The van der Waals surface area contributed by atoms with E-state index in [1.807, 2.05) is 4.90 Å². The van der Waals surface area contributed by atoms with E-state index in [1.54, 1.807) is 0 Å². The molecule has 0 aromatic carbocycles. The minimum atomic E-state index is -0.0150. The summed E-state index contributed by atoms with van der Waals surface area (Å²) >= 11 is 0. The van der Waals surface area contributed by atoms with Gasteiger partial charge in [-0.3, -0.25) is 9.59 Å². The Kier molecular flexibility index (Phi) is 11.3. The average molecular weight is 334 g/mol. The van der Waals surface area contributed by atoms with Crippen molar-refractivity contribution in [2.75, 3.05) is 26.2 Å². The predicted molar refractivity (Wildman–Crippen MR) is 92.2 cm³/mol. The number of rotatable bonds is 8. The topological polar surface area (TPSA) is 61.4 Å². The van der Waals surface area contributed by atoms with Crippen molar-refractivity contribution >= 4 is 24.2 Å². The highest BCUT2D eigenvalue weighted by Gasteiger charge is 2.24. The molecule has 0 unspecified atom stereocenters. The van der Waals surface area contributed by atoms with Gasteiger partial charge in [-0.2, -0.15) is 0 Å². The van der Waals surface area contributed by atoms with Gasteiger partial charge in [-0.25, -0.2) is 0 Å². The zero-order valence-corrected chi connectivity index (χ0v) is 15.0. The molecular formula is C16H32ClN3O2. The van der Waals surface area contributed by atoms with Crippen molar-refractivity contribution in [2.45, 2.75) is 58.9 Å². The van der Waals surface area contributed by atoms with Gasteiger partial charge in [-0.15, -0.1) is 12.4 Å². The number of nitrogens with one attached hydrogen (secondary N) is 2. The summed E-state index contributed by atoms with van der Waals surface area (Å²) in [5.41, 5.74) is 0. The zero-order valence-electron chi connectivity index (χ0n) is 14.2. The van der Waals surface area contributed by atoms with Gasteiger partial charge in [0.15, 0.2) is 0 Å². The first-order valence-electron chi connectivity index (χ1n) is 8.31. The van der Waals surface area contributed by atoms with Crippen molar-refractivity contribution in [1.82, 2.24) is 15.5 Å². The second-order valence-electron chi connectivity index (χ2n) is 6.28. The highest BCUT2D eigenvalue weighted by Crippen LogP contribution is 2.12. The molecule has 0 aromatic rings. The maximum absolute atomic E-state index is 12.4. The van der Waals surface area contributed by atoms with Crippen LogP contribution in [-0.2, 0) is 9.59 Å². The number of piperidine rings is 1. The summed E-state index contributed by atoms with van der Waals surface area (Å²) in [5.74, 6) is 0.554. The van der Waals surface area contributed by atoms with Crippen LogP contribution in [0.2, 0.25) is 0 Å². The summed E-state index contributed by atoms with van der Waals surface area (Å²) in [5, 5.41) is 6.09. The molecule has 0 spiro atoms. The van der Waals surface area contributed by atoms with Crippen molar-refractivity contribution in [3.8, 4) is 0 Å². The lowest BCUT2D eigenvalue weighted by molar-refractivity contribution is -0.135. The summed E-state index contributed by atoms with van der Waals surface area (Å²) in [4.78, 5) is 26.0. The van der Waals surface area contributed by atoms with E-state index in [2.05, 4.69) is 31.4 Å². The van der Waals surface area contributed by atoms with E-state index < -0.39 is 0 Å². The van der Waals surface area contributed by atoms with E-state index in [0.717, 1.165) is 45.3 Å². The van der Waals surface area contributed by atoms with Crippen LogP contribution in [0.25, 0.3) is 0 Å². The van der Waals surface area contributed by atoms with Gasteiger partial charge in [0.2, 0.25) is 11.8 Å². The van der Waals surface area contributed by atoms with Gasteiger partial charge in [0.25, 0.3) is 0 Å². The summed E-state index contributed by atoms with van der Waals surface area (Å²) in [6.45, 7) is 9.14. The Balaban J connectivity index is 0.00000441. The molecule has 1 heterocycles. The van der Waals surface area contributed by atoms with Crippen LogP contribution in [0.4, 0.5) is 0 Å². The van der Waals surface area contributed by atoms with Gasteiger partial charge in [-0.05, 0) is 44.7 Å². The summed E-state index contributed by atoms with van der Waals surface area (Å²) in [6.07, 6.45) is 4.34. The number of carbonyl (C=O) groups is 2. The third-order valence-electron chi connectivity index (χ3n) is 3.92. The van der Waals surface area contributed by atoms with Gasteiger partial charge in [0.05, 0.1) is 6.54 Å². The first-order valence-corrected chi connectivity index (χ1v) is 8.31. The SMILES string of the molecule is CCCN(C(=O)CNC(=O)CCC(C)C)C1CCNCC1.Cl. The Morgan fingerprint density at radius 3 is 2.45 bits per heavy atom. The maximum atomic E-state index is 12.4. The van der Waals surface area contributed by atoms with E-state index in [4.69, 9.17) is 0 Å². The standard InChI is InChI=1S/C16H31N3O2.ClH/c1-4-11-19(14-7-9-17-10-8-14)16(21)12-18-15(20)6-5-13(2)3;/h13-14,17H,4-12H2,1-3H3,(H,18,20);1H. The quantitative estimate of drug-likeness (QED) is 0.713. The third kappa shape index (κ3) is 7.99. The summed E-state index contributed by atoms with van der Waals surface area (Å²) in [6, 6.07) is 0.325. The molecule has 6 heteroatoms. The second kappa shape index (κ2) is 11.7. The van der Waals surface area contributed by atoms with E-state index in [0.29, 0.717) is 18.4 Å². The minimum Gasteiger partial charge on any atom is -0.347 e. The molecule has 0 bridgehead atoms. The van der Waals surface area contributed by atoms with Crippen LogP contribution in [0.1, 0.15) is 52.9 Å². The number of hydrogen-bond acceptors (Lipinski definition) is 3. The number of amides is 2. The van der Waals surface area contributed by atoms with Crippen molar-refractivity contribution < 1.29 is 9.59 Å². The predicted octanol–water partition coefficient (Wildman–Crippen LogP) is 1.95. The Bertz CT molecular complexity index is 331. The molecule has 130 valence electrons. The van der Waals surface area contributed by atoms with E-state index in [9.17, 15) is 9.59 Å². The molecule has 1 aliphatic heterocycles. The fourth-order valence-corrected chi connectivity index (χ4v) is 2.65. The van der Waals surface area contributed by atoms with Crippen LogP contribution in [0.5, 0.6) is 0 Å². The molecule has 0 saturated carbocycles. The monoisotopic (exact) mass is 333 g/mol. The van der Waals surface area contributed by atoms with Crippen molar-refractivity contribution in [1.29, 1.82) is 0 Å². The molecule has 0 radical (unpaired) electrons. The van der Waals surface area contributed by atoms with Gasteiger partial charge < -0.3 is 15.5 Å². The highest BCUT2D eigenvalue weighted by molar-refractivity contribution is 5.85. The largest absolute Gasteiger partial charge is 0.347 e. The van der Waals surface area contributed by atoms with Crippen molar-refractivity contribution in [3.63, 3.8) is 0 Å². The van der Waals surface area contributed by atoms with E-state index in [1.165, 1.54) is 0 Å². The van der Waals surface area contributed by atoms with Crippen LogP contribution in [-0.4, -0.2) is 48.9 Å². The van der Waals surface area contributed by atoms with Crippen LogP contribution >= 0.6 is 12.4 Å². The minimum absolute atomic E-state index is 0. The molecule has 2 N–H and O–H groups in total.